The molecule has 0 bridgehead atoms. The number of allylic oxidation sites excluding steroid dienone is 1. The fourth-order valence-electron chi connectivity index (χ4n) is 1.15. The first-order valence-electron chi connectivity index (χ1n) is 3.94. The van der Waals surface area contributed by atoms with Crippen LogP contribution < -0.4 is 0 Å². The molecule has 0 fully saturated rings. The fourth-order valence-corrected chi connectivity index (χ4v) is 1.70. The topological polar surface area (TPSA) is 37.3 Å². The van der Waals surface area contributed by atoms with Crippen LogP contribution in [0.25, 0.3) is 0 Å². The molecule has 1 aromatic carbocycles. The number of benzene rings is 1. The van der Waals surface area contributed by atoms with Crippen LogP contribution in [0.4, 0.5) is 0 Å². The number of hydrogen-bond donors (Lipinski definition) is 1. The molecule has 0 saturated carbocycles. The summed E-state index contributed by atoms with van der Waals surface area (Å²) in [5.41, 5.74) is 1.86. The molecule has 0 amide bonds. The molecule has 0 heterocycles. The van der Waals surface area contributed by atoms with Crippen LogP contribution in [0.1, 0.15) is 12.5 Å². The highest BCUT2D eigenvalue weighted by atomic mass is 32.2. The van der Waals surface area contributed by atoms with Gasteiger partial charge in [-0.05, 0) is 25.0 Å². The lowest BCUT2D eigenvalue weighted by molar-refractivity contribution is 0.563. The molecule has 0 aliphatic heterocycles. The van der Waals surface area contributed by atoms with E-state index >= 15 is 0 Å². The normalized spacial score (nSPS) is 12.5. The third kappa shape index (κ3) is 2.79. The van der Waals surface area contributed by atoms with E-state index in [0.29, 0.717) is 11.3 Å². The van der Waals surface area contributed by atoms with E-state index in [4.69, 9.17) is 4.55 Å². The predicted octanol–water partition coefficient (Wildman–Crippen LogP) is 2.39. The van der Waals surface area contributed by atoms with Gasteiger partial charge >= 0.3 is 0 Å². The summed E-state index contributed by atoms with van der Waals surface area (Å²) in [5.74, 6) is 0. The summed E-state index contributed by atoms with van der Waals surface area (Å²) in [7, 11) is 0. The van der Waals surface area contributed by atoms with Crippen molar-refractivity contribution in [2.75, 3.05) is 0 Å². The van der Waals surface area contributed by atoms with Crippen LogP contribution in [-0.2, 0) is 17.5 Å². The molecule has 1 rings (SSSR count). The summed E-state index contributed by atoms with van der Waals surface area (Å²) in [5, 5.41) is 0. The Kier molecular flexibility index (Phi) is 3.39. The molecule has 1 N–H and O–H groups in total. The van der Waals surface area contributed by atoms with Gasteiger partial charge in [0.25, 0.3) is 0 Å². The van der Waals surface area contributed by atoms with Crippen molar-refractivity contribution in [2.24, 2.45) is 0 Å². The summed E-state index contributed by atoms with van der Waals surface area (Å²) < 4.78 is 19.8. The Hall–Kier alpha value is -0.930. The summed E-state index contributed by atoms with van der Waals surface area (Å²) in [4.78, 5) is 0.477. The summed E-state index contributed by atoms with van der Waals surface area (Å²) in [6.45, 7) is 5.67. The highest BCUT2D eigenvalue weighted by Gasteiger charge is 2.05. The quantitative estimate of drug-likeness (QED) is 0.595. The van der Waals surface area contributed by atoms with Gasteiger partial charge in [-0.3, -0.25) is 0 Å². The molecule has 13 heavy (non-hydrogen) atoms. The minimum Gasteiger partial charge on any atom is -0.302 e. The molecular weight excluding hydrogens is 184 g/mol. The second kappa shape index (κ2) is 4.35. The molecule has 1 aromatic rings. The maximum Gasteiger partial charge on any atom is 0.186 e. The monoisotopic (exact) mass is 196 g/mol. The van der Waals surface area contributed by atoms with E-state index in [2.05, 4.69) is 6.58 Å². The minimum absolute atomic E-state index is 0.477. The second-order valence-corrected chi connectivity index (χ2v) is 3.93. The van der Waals surface area contributed by atoms with Crippen LogP contribution >= 0.6 is 0 Å². The molecule has 3 heteroatoms. The molecule has 0 spiro atoms. The van der Waals surface area contributed by atoms with Gasteiger partial charge in [-0.1, -0.05) is 30.4 Å². The van der Waals surface area contributed by atoms with Crippen LogP contribution in [0.2, 0.25) is 0 Å². The Labute approximate surface area is 80.6 Å². The third-order valence-corrected chi connectivity index (χ3v) is 2.43. The largest absolute Gasteiger partial charge is 0.302 e. The van der Waals surface area contributed by atoms with Gasteiger partial charge in [0.2, 0.25) is 0 Å². The van der Waals surface area contributed by atoms with Crippen LogP contribution in [0.5, 0.6) is 0 Å². The van der Waals surface area contributed by atoms with Gasteiger partial charge < -0.3 is 4.55 Å². The first-order chi connectivity index (χ1) is 6.11. The molecule has 1 atom stereocenters. The lowest BCUT2D eigenvalue weighted by atomic mass is 10.1. The Bertz CT molecular complexity index is 345. The Balaban J connectivity index is 3.04. The van der Waals surface area contributed by atoms with Crippen molar-refractivity contribution < 1.29 is 8.76 Å². The van der Waals surface area contributed by atoms with Crippen molar-refractivity contribution >= 4 is 11.1 Å². The van der Waals surface area contributed by atoms with Crippen molar-refractivity contribution in [2.45, 2.75) is 18.2 Å². The van der Waals surface area contributed by atoms with Gasteiger partial charge in [-0.25, -0.2) is 4.21 Å². The molecule has 2 nitrogen and oxygen atoms in total. The van der Waals surface area contributed by atoms with E-state index in [1.807, 2.05) is 19.1 Å². The predicted molar refractivity (Wildman–Crippen MR) is 54.0 cm³/mol. The first-order valence-corrected chi connectivity index (χ1v) is 5.05. The Morgan fingerprint density at radius 1 is 1.54 bits per heavy atom. The van der Waals surface area contributed by atoms with E-state index in [-0.39, 0.29) is 0 Å². The van der Waals surface area contributed by atoms with E-state index in [9.17, 15) is 4.21 Å². The molecule has 0 saturated heterocycles. The lowest BCUT2D eigenvalue weighted by Gasteiger charge is -2.04. The van der Waals surface area contributed by atoms with Crippen LogP contribution in [0.3, 0.4) is 0 Å². The zero-order valence-electron chi connectivity index (χ0n) is 7.49. The van der Waals surface area contributed by atoms with Crippen LogP contribution in [0, 0.1) is 0 Å². The number of hydrogen-bond acceptors (Lipinski definition) is 1. The van der Waals surface area contributed by atoms with Crippen LogP contribution in [0.15, 0.2) is 41.3 Å². The molecule has 70 valence electrons. The standard InChI is InChI=1S/C10H12O2S/c1-8(2)7-9-5-3-4-6-10(9)13(11)12/h3-6H,1,7H2,2H3,(H,11,12). The second-order valence-electron chi connectivity index (χ2n) is 2.99. The first kappa shape index (κ1) is 10.2. The van der Waals surface area contributed by atoms with E-state index < -0.39 is 11.1 Å². The molecule has 0 aliphatic carbocycles. The summed E-state index contributed by atoms with van der Waals surface area (Å²) in [6.07, 6.45) is 0.655. The number of rotatable bonds is 3. The van der Waals surface area contributed by atoms with Crippen LogP contribution in [-0.4, -0.2) is 8.76 Å². The van der Waals surface area contributed by atoms with E-state index in [1.165, 1.54) is 0 Å². The van der Waals surface area contributed by atoms with Gasteiger partial charge in [-0.15, -0.1) is 0 Å². The molecule has 0 aliphatic rings. The van der Waals surface area contributed by atoms with Crippen molar-refractivity contribution in [1.82, 2.24) is 0 Å². The summed E-state index contributed by atoms with van der Waals surface area (Å²) in [6, 6.07) is 7.12. The average molecular weight is 196 g/mol. The maximum atomic E-state index is 10.9. The van der Waals surface area contributed by atoms with Crippen molar-refractivity contribution in [3.63, 3.8) is 0 Å². The minimum atomic E-state index is -1.90. The highest BCUT2D eigenvalue weighted by molar-refractivity contribution is 7.79. The smallest absolute Gasteiger partial charge is 0.186 e. The van der Waals surface area contributed by atoms with Crippen molar-refractivity contribution in [3.05, 3.63) is 42.0 Å². The van der Waals surface area contributed by atoms with E-state index in [1.54, 1.807) is 12.1 Å². The fraction of sp³-hybridized carbons (Fsp3) is 0.200. The molecule has 0 radical (unpaired) electrons. The summed E-state index contributed by atoms with van der Waals surface area (Å²) >= 11 is -1.90. The van der Waals surface area contributed by atoms with Crippen molar-refractivity contribution in [1.29, 1.82) is 0 Å². The van der Waals surface area contributed by atoms with Gasteiger partial charge in [-0.2, -0.15) is 0 Å². The van der Waals surface area contributed by atoms with Gasteiger partial charge in [0.05, 0.1) is 4.90 Å². The lowest BCUT2D eigenvalue weighted by Crippen LogP contribution is -1.96. The zero-order valence-corrected chi connectivity index (χ0v) is 8.30. The van der Waals surface area contributed by atoms with Gasteiger partial charge in [0.15, 0.2) is 11.1 Å². The molecule has 0 aromatic heterocycles. The SMILES string of the molecule is C=C(C)Cc1ccccc1S(=O)O. The molecule has 1 unspecified atom stereocenters. The average Bonchev–Trinajstić information content (AvgIpc) is 2.03. The van der Waals surface area contributed by atoms with E-state index in [0.717, 1.165) is 11.1 Å². The molecular formula is C10H12O2S. The Morgan fingerprint density at radius 2 is 2.15 bits per heavy atom. The zero-order chi connectivity index (χ0) is 9.84. The van der Waals surface area contributed by atoms with Gasteiger partial charge in [0, 0.05) is 0 Å². The van der Waals surface area contributed by atoms with Crippen molar-refractivity contribution in [3.8, 4) is 0 Å². The Morgan fingerprint density at radius 3 is 2.69 bits per heavy atom. The van der Waals surface area contributed by atoms with Gasteiger partial charge in [0.1, 0.15) is 0 Å². The maximum absolute atomic E-state index is 10.9. The highest BCUT2D eigenvalue weighted by Crippen LogP contribution is 2.15. The third-order valence-electron chi connectivity index (χ3n) is 1.65.